The molecule has 0 aromatic heterocycles. The summed E-state index contributed by atoms with van der Waals surface area (Å²) in [6.45, 7) is 0. The number of methoxy groups -OCH3 is 3. The van der Waals surface area contributed by atoms with Crippen LogP contribution in [0.1, 0.15) is 21.5 Å². The molecule has 8 nitrogen and oxygen atoms in total. The van der Waals surface area contributed by atoms with Gasteiger partial charge in [-0.3, -0.25) is 4.79 Å². The Morgan fingerprint density at radius 1 is 0.882 bits per heavy atom. The average Bonchev–Trinajstić information content (AvgIpc) is 2.84. The third-order valence-electron chi connectivity index (χ3n) is 4.67. The molecule has 0 spiro atoms. The monoisotopic (exact) mass is 466 g/mol. The second-order valence-electron chi connectivity index (χ2n) is 6.97. The van der Waals surface area contributed by atoms with E-state index in [1.165, 1.54) is 51.8 Å². The maximum absolute atomic E-state index is 13.3. The Kier molecular flexibility index (Phi) is 8.17. The highest BCUT2D eigenvalue weighted by atomic mass is 19.1. The smallest absolute Gasteiger partial charge is 0.343 e. The fourth-order valence-electron chi connectivity index (χ4n) is 3.02. The molecule has 0 heterocycles. The number of halogens is 1. The van der Waals surface area contributed by atoms with Crippen molar-refractivity contribution in [2.75, 3.05) is 21.3 Å². The van der Waals surface area contributed by atoms with Crippen molar-refractivity contribution in [1.82, 2.24) is 5.43 Å². The number of ether oxygens (including phenoxy) is 4. The predicted molar refractivity (Wildman–Crippen MR) is 123 cm³/mol. The summed E-state index contributed by atoms with van der Waals surface area (Å²) in [7, 11) is 4.48. The van der Waals surface area contributed by atoms with Gasteiger partial charge >= 0.3 is 5.97 Å². The number of carbonyl (C=O) groups excluding carboxylic acids is 2. The van der Waals surface area contributed by atoms with E-state index in [9.17, 15) is 14.0 Å². The van der Waals surface area contributed by atoms with E-state index in [0.29, 0.717) is 17.1 Å². The van der Waals surface area contributed by atoms with Gasteiger partial charge in [-0.15, -0.1) is 0 Å². The Bertz CT molecular complexity index is 1210. The van der Waals surface area contributed by atoms with Gasteiger partial charge in [0.05, 0.1) is 39.5 Å². The molecule has 176 valence electrons. The molecule has 3 rings (SSSR count). The number of hydrazone groups is 1. The first-order valence-corrected chi connectivity index (χ1v) is 10.1. The lowest BCUT2D eigenvalue weighted by molar-refractivity contribution is -0.120. The van der Waals surface area contributed by atoms with Gasteiger partial charge < -0.3 is 18.9 Å². The molecule has 1 amide bonds. The predicted octanol–water partition coefficient (Wildman–Crippen LogP) is 3.76. The standard InChI is InChI=1S/C25H23FN2O6/c1-31-20-9-7-16(11-22(20)32-2)13-24(29)28-27-15-17-8-10-21(23(12-17)33-3)34-25(30)18-5-4-6-19(26)14-18/h4-12,14-15H,13H2,1-3H3,(H,28,29)/b27-15+. The van der Waals surface area contributed by atoms with Crippen molar-refractivity contribution in [1.29, 1.82) is 0 Å². The summed E-state index contributed by atoms with van der Waals surface area (Å²) >= 11 is 0. The zero-order valence-corrected chi connectivity index (χ0v) is 18.8. The lowest BCUT2D eigenvalue weighted by atomic mass is 10.1. The van der Waals surface area contributed by atoms with Gasteiger partial charge in [0.25, 0.3) is 0 Å². The Morgan fingerprint density at radius 2 is 1.59 bits per heavy atom. The molecule has 0 saturated carbocycles. The van der Waals surface area contributed by atoms with Gasteiger partial charge in [0.15, 0.2) is 23.0 Å². The summed E-state index contributed by atoms with van der Waals surface area (Å²) in [6, 6.07) is 15.1. The summed E-state index contributed by atoms with van der Waals surface area (Å²) < 4.78 is 34.3. The Labute approximate surface area is 195 Å². The molecule has 3 aromatic rings. The molecule has 0 aliphatic rings. The molecule has 1 N–H and O–H groups in total. The molecule has 9 heteroatoms. The van der Waals surface area contributed by atoms with Crippen LogP contribution in [0.4, 0.5) is 4.39 Å². The first kappa shape index (κ1) is 24.2. The van der Waals surface area contributed by atoms with Crippen molar-refractivity contribution in [3.63, 3.8) is 0 Å². The molecule has 0 aliphatic heterocycles. The fraction of sp³-hybridized carbons (Fsp3) is 0.160. The number of amides is 1. The van der Waals surface area contributed by atoms with Crippen molar-refractivity contribution < 1.29 is 32.9 Å². The number of hydrogen-bond donors (Lipinski definition) is 1. The maximum Gasteiger partial charge on any atom is 0.343 e. The maximum atomic E-state index is 13.3. The normalized spacial score (nSPS) is 10.6. The van der Waals surface area contributed by atoms with E-state index in [0.717, 1.165) is 11.6 Å². The van der Waals surface area contributed by atoms with Crippen molar-refractivity contribution in [2.45, 2.75) is 6.42 Å². The topological polar surface area (TPSA) is 95.5 Å². The SMILES string of the molecule is COc1ccc(CC(=O)N/N=C/c2ccc(OC(=O)c3cccc(F)c3)c(OC)c2)cc1OC. The number of nitrogens with one attached hydrogen (secondary N) is 1. The van der Waals surface area contributed by atoms with Gasteiger partial charge in [0, 0.05) is 0 Å². The summed E-state index contributed by atoms with van der Waals surface area (Å²) in [5.41, 5.74) is 3.85. The summed E-state index contributed by atoms with van der Waals surface area (Å²) in [4.78, 5) is 24.5. The Morgan fingerprint density at radius 3 is 2.29 bits per heavy atom. The highest BCUT2D eigenvalue weighted by molar-refractivity contribution is 5.91. The minimum absolute atomic E-state index is 0.0740. The van der Waals surface area contributed by atoms with Crippen LogP contribution in [0.3, 0.4) is 0 Å². The van der Waals surface area contributed by atoms with E-state index in [1.807, 2.05) is 0 Å². The lowest BCUT2D eigenvalue weighted by Crippen LogP contribution is -2.19. The molecule has 0 aliphatic carbocycles. The summed E-state index contributed by atoms with van der Waals surface area (Å²) in [6.07, 6.45) is 1.52. The molecule has 0 bridgehead atoms. The summed E-state index contributed by atoms with van der Waals surface area (Å²) in [5.74, 6) is -0.0547. The van der Waals surface area contributed by atoms with Crippen LogP contribution in [0.5, 0.6) is 23.0 Å². The largest absolute Gasteiger partial charge is 0.493 e. The van der Waals surface area contributed by atoms with E-state index in [4.69, 9.17) is 18.9 Å². The zero-order chi connectivity index (χ0) is 24.5. The first-order valence-electron chi connectivity index (χ1n) is 10.1. The molecule has 0 saturated heterocycles. The van der Waals surface area contributed by atoms with Gasteiger partial charge in [-0.1, -0.05) is 12.1 Å². The summed E-state index contributed by atoms with van der Waals surface area (Å²) in [5, 5.41) is 3.95. The van der Waals surface area contributed by atoms with Crippen molar-refractivity contribution >= 4 is 18.1 Å². The van der Waals surface area contributed by atoms with Gasteiger partial charge in [-0.05, 0) is 59.7 Å². The third kappa shape index (κ3) is 6.32. The van der Waals surface area contributed by atoms with E-state index in [1.54, 1.807) is 30.3 Å². The Hall–Kier alpha value is -4.40. The minimum Gasteiger partial charge on any atom is -0.493 e. The molecular formula is C25H23FN2O6. The second-order valence-corrected chi connectivity index (χ2v) is 6.97. The fourth-order valence-corrected chi connectivity index (χ4v) is 3.02. The van der Waals surface area contributed by atoms with Crippen LogP contribution in [-0.2, 0) is 11.2 Å². The van der Waals surface area contributed by atoms with Crippen LogP contribution in [0.2, 0.25) is 0 Å². The van der Waals surface area contributed by atoms with Crippen molar-refractivity contribution in [2.24, 2.45) is 5.10 Å². The van der Waals surface area contributed by atoms with E-state index >= 15 is 0 Å². The zero-order valence-electron chi connectivity index (χ0n) is 18.8. The van der Waals surface area contributed by atoms with E-state index < -0.39 is 11.8 Å². The van der Waals surface area contributed by atoms with Gasteiger partial charge in [0.2, 0.25) is 5.91 Å². The molecular weight excluding hydrogens is 443 g/mol. The van der Waals surface area contributed by atoms with Gasteiger partial charge in [-0.25, -0.2) is 14.6 Å². The number of hydrogen-bond acceptors (Lipinski definition) is 7. The number of carbonyl (C=O) groups is 2. The third-order valence-corrected chi connectivity index (χ3v) is 4.67. The van der Waals surface area contributed by atoms with Crippen molar-refractivity contribution in [3.8, 4) is 23.0 Å². The van der Waals surface area contributed by atoms with Crippen LogP contribution in [0.25, 0.3) is 0 Å². The molecule has 0 fully saturated rings. The van der Waals surface area contributed by atoms with Gasteiger partial charge in [-0.2, -0.15) is 5.10 Å². The van der Waals surface area contributed by atoms with Crippen molar-refractivity contribution in [3.05, 3.63) is 83.2 Å². The van der Waals surface area contributed by atoms with Crippen LogP contribution in [0.15, 0.2) is 65.8 Å². The molecule has 0 unspecified atom stereocenters. The van der Waals surface area contributed by atoms with Crippen LogP contribution < -0.4 is 24.4 Å². The quantitative estimate of drug-likeness (QED) is 0.223. The van der Waals surface area contributed by atoms with Crippen LogP contribution in [-0.4, -0.2) is 39.4 Å². The average molecular weight is 466 g/mol. The number of nitrogens with zero attached hydrogens (tertiary/aromatic N) is 1. The highest BCUT2D eigenvalue weighted by Gasteiger charge is 2.13. The minimum atomic E-state index is -0.721. The first-order chi connectivity index (χ1) is 16.4. The molecule has 34 heavy (non-hydrogen) atoms. The Balaban J connectivity index is 1.61. The lowest BCUT2D eigenvalue weighted by Gasteiger charge is -2.10. The molecule has 3 aromatic carbocycles. The number of rotatable bonds is 9. The van der Waals surface area contributed by atoms with Crippen LogP contribution >= 0.6 is 0 Å². The van der Waals surface area contributed by atoms with Crippen LogP contribution in [0, 0.1) is 5.82 Å². The highest BCUT2D eigenvalue weighted by Crippen LogP contribution is 2.29. The number of benzene rings is 3. The second kappa shape index (κ2) is 11.5. The van der Waals surface area contributed by atoms with Gasteiger partial charge in [0.1, 0.15) is 5.82 Å². The molecule has 0 radical (unpaired) electrons. The number of esters is 1. The van der Waals surface area contributed by atoms with E-state index in [2.05, 4.69) is 10.5 Å². The molecule has 0 atom stereocenters. The van der Waals surface area contributed by atoms with E-state index in [-0.39, 0.29) is 29.4 Å².